The van der Waals surface area contributed by atoms with Gasteiger partial charge in [0.25, 0.3) is 0 Å². The molecule has 0 radical (unpaired) electrons. The number of ether oxygens (including phenoxy) is 1. The van der Waals surface area contributed by atoms with Crippen molar-refractivity contribution in [2.45, 2.75) is 32.8 Å². The van der Waals surface area contributed by atoms with E-state index < -0.39 is 5.60 Å². The van der Waals surface area contributed by atoms with Gasteiger partial charge in [0, 0.05) is 0 Å². The highest BCUT2D eigenvalue weighted by atomic mass is 16.6. The lowest BCUT2D eigenvalue weighted by atomic mass is 10.2. The van der Waals surface area contributed by atoms with Crippen molar-refractivity contribution in [1.82, 2.24) is 5.32 Å². The van der Waals surface area contributed by atoms with E-state index in [0.717, 1.165) is 0 Å². The first-order chi connectivity index (χ1) is 4.95. The van der Waals surface area contributed by atoms with Crippen molar-refractivity contribution in [3.05, 3.63) is 6.92 Å². The Morgan fingerprint density at radius 3 is 2.45 bits per heavy atom. The fourth-order valence-electron chi connectivity index (χ4n) is 0.505. The third-order valence-electron chi connectivity index (χ3n) is 0.845. The summed E-state index contributed by atoms with van der Waals surface area (Å²) in [6.45, 7) is 9.64. The van der Waals surface area contributed by atoms with Crippen LogP contribution in [0.15, 0.2) is 0 Å². The van der Waals surface area contributed by atoms with E-state index in [2.05, 4.69) is 12.2 Å². The van der Waals surface area contributed by atoms with Crippen molar-refractivity contribution in [1.29, 1.82) is 0 Å². The molecule has 0 aliphatic rings. The third-order valence-corrected chi connectivity index (χ3v) is 0.845. The fourth-order valence-corrected chi connectivity index (χ4v) is 0.505. The highest BCUT2D eigenvalue weighted by Gasteiger charge is 2.14. The van der Waals surface area contributed by atoms with Crippen molar-refractivity contribution >= 4 is 6.09 Å². The second-order valence-corrected chi connectivity index (χ2v) is 3.28. The predicted molar refractivity (Wildman–Crippen MR) is 44.2 cm³/mol. The zero-order valence-electron chi connectivity index (χ0n) is 7.44. The number of carbonyl (C=O) groups excluding carboxylic acids is 1. The van der Waals surface area contributed by atoms with Gasteiger partial charge in [-0.2, -0.15) is 6.42 Å². The molecule has 0 fully saturated rings. The van der Waals surface area contributed by atoms with Crippen LogP contribution in [-0.4, -0.2) is 18.2 Å². The first kappa shape index (κ1) is 10.3. The molecule has 0 aliphatic heterocycles. The number of rotatable bonds is 2. The largest absolute Gasteiger partial charge is 0.444 e. The van der Waals surface area contributed by atoms with Gasteiger partial charge in [0.1, 0.15) is 5.60 Å². The summed E-state index contributed by atoms with van der Waals surface area (Å²) in [6, 6.07) is 0. The van der Waals surface area contributed by atoms with Gasteiger partial charge in [0.2, 0.25) is 0 Å². The lowest BCUT2D eigenvalue weighted by Crippen LogP contribution is -2.32. The molecule has 66 valence electrons. The summed E-state index contributed by atoms with van der Waals surface area (Å²) in [7, 11) is 0. The van der Waals surface area contributed by atoms with E-state index in [1.54, 1.807) is 0 Å². The molecule has 3 heteroatoms. The first-order valence-electron chi connectivity index (χ1n) is 3.72. The molecule has 11 heavy (non-hydrogen) atoms. The summed E-state index contributed by atoms with van der Waals surface area (Å²) in [4.78, 5) is 10.9. The molecule has 0 rings (SSSR count). The van der Waals surface area contributed by atoms with Crippen LogP contribution in [-0.2, 0) is 4.74 Å². The van der Waals surface area contributed by atoms with Crippen molar-refractivity contribution in [3.63, 3.8) is 0 Å². The van der Waals surface area contributed by atoms with E-state index in [1.807, 2.05) is 20.8 Å². The van der Waals surface area contributed by atoms with Gasteiger partial charge < -0.3 is 17.0 Å². The summed E-state index contributed by atoms with van der Waals surface area (Å²) in [6.07, 6.45) is 0.306. The maximum atomic E-state index is 10.9. The topological polar surface area (TPSA) is 38.3 Å². The standard InChI is InChI=1S/C8H16NO2/c1-5-6-9-7(10)11-8(2,3)4/h1,5-6H2,2-4H3,(H,9,10)/q-1. The molecular formula is C8H16NO2-. The Morgan fingerprint density at radius 1 is 1.55 bits per heavy atom. The highest BCUT2D eigenvalue weighted by molar-refractivity contribution is 5.67. The van der Waals surface area contributed by atoms with Crippen molar-refractivity contribution in [2.75, 3.05) is 6.54 Å². The minimum atomic E-state index is -0.411. The van der Waals surface area contributed by atoms with Crippen LogP contribution in [0, 0.1) is 6.92 Å². The molecule has 1 amide bonds. The van der Waals surface area contributed by atoms with E-state index in [0.29, 0.717) is 13.0 Å². The zero-order chi connectivity index (χ0) is 8.91. The second kappa shape index (κ2) is 4.21. The van der Waals surface area contributed by atoms with Crippen LogP contribution < -0.4 is 5.32 Å². The average molecular weight is 158 g/mol. The summed E-state index contributed by atoms with van der Waals surface area (Å²) in [5.74, 6) is 0. The van der Waals surface area contributed by atoms with E-state index in [-0.39, 0.29) is 6.09 Å². The maximum Gasteiger partial charge on any atom is 0.407 e. The Kier molecular flexibility index (Phi) is 3.93. The second-order valence-electron chi connectivity index (χ2n) is 3.28. The van der Waals surface area contributed by atoms with Crippen LogP contribution in [0.5, 0.6) is 0 Å². The number of hydrogen-bond acceptors (Lipinski definition) is 2. The van der Waals surface area contributed by atoms with Crippen LogP contribution in [0.3, 0.4) is 0 Å². The first-order valence-corrected chi connectivity index (χ1v) is 3.72. The molecule has 0 heterocycles. The molecule has 0 saturated carbocycles. The van der Waals surface area contributed by atoms with Gasteiger partial charge in [0.05, 0.1) is 0 Å². The minimum Gasteiger partial charge on any atom is -0.444 e. The van der Waals surface area contributed by atoms with Crippen molar-refractivity contribution in [2.24, 2.45) is 0 Å². The lowest BCUT2D eigenvalue weighted by molar-refractivity contribution is 0.0529. The summed E-state index contributed by atoms with van der Waals surface area (Å²) < 4.78 is 4.96. The van der Waals surface area contributed by atoms with Gasteiger partial charge in [-0.3, -0.25) is 0 Å². The molecule has 0 aromatic carbocycles. The minimum absolute atomic E-state index is 0.374. The predicted octanol–water partition coefficient (Wildman–Crippen LogP) is 1.74. The molecule has 0 aromatic rings. The Labute approximate surface area is 68.1 Å². The number of alkyl carbamates (subject to hydrolysis) is 1. The summed E-state index contributed by atoms with van der Waals surface area (Å²) >= 11 is 0. The van der Waals surface area contributed by atoms with Gasteiger partial charge in [0.15, 0.2) is 0 Å². The van der Waals surface area contributed by atoms with Gasteiger partial charge in [-0.05, 0) is 27.3 Å². The van der Waals surface area contributed by atoms with Crippen LogP contribution in [0.4, 0.5) is 4.79 Å². The molecule has 0 aromatic heterocycles. The lowest BCUT2D eigenvalue weighted by Gasteiger charge is -2.19. The molecule has 1 N–H and O–H groups in total. The molecule has 0 aliphatic carbocycles. The monoisotopic (exact) mass is 158 g/mol. The Balaban J connectivity index is 3.53. The number of carbonyl (C=O) groups is 1. The van der Waals surface area contributed by atoms with Crippen LogP contribution in [0.1, 0.15) is 27.2 Å². The zero-order valence-corrected chi connectivity index (χ0v) is 7.44. The molecule has 0 unspecified atom stereocenters. The van der Waals surface area contributed by atoms with Crippen LogP contribution >= 0.6 is 0 Å². The molecule has 0 spiro atoms. The molecule has 0 bridgehead atoms. The van der Waals surface area contributed by atoms with Crippen LogP contribution in [0.25, 0.3) is 0 Å². The highest BCUT2D eigenvalue weighted by Crippen LogP contribution is 2.05. The van der Waals surface area contributed by atoms with E-state index in [4.69, 9.17) is 4.74 Å². The summed E-state index contributed by atoms with van der Waals surface area (Å²) in [5.41, 5.74) is -0.411. The van der Waals surface area contributed by atoms with Crippen LogP contribution in [0.2, 0.25) is 0 Å². The quantitative estimate of drug-likeness (QED) is 0.621. The fraction of sp³-hybridized carbons (Fsp3) is 0.750. The van der Waals surface area contributed by atoms with Crippen molar-refractivity contribution < 1.29 is 9.53 Å². The SMILES string of the molecule is [CH2-]CCNC(=O)OC(C)(C)C. The summed E-state index contributed by atoms with van der Waals surface area (Å²) in [5, 5.41) is 2.57. The smallest absolute Gasteiger partial charge is 0.407 e. The Hall–Kier alpha value is -0.730. The van der Waals surface area contributed by atoms with Gasteiger partial charge in [-0.1, -0.05) is 0 Å². The maximum absolute atomic E-state index is 10.9. The number of hydrogen-bond donors (Lipinski definition) is 1. The van der Waals surface area contributed by atoms with E-state index in [9.17, 15) is 4.79 Å². The van der Waals surface area contributed by atoms with Gasteiger partial charge >= 0.3 is 6.09 Å². The van der Waals surface area contributed by atoms with E-state index in [1.165, 1.54) is 0 Å². The number of nitrogens with one attached hydrogen (secondary N) is 1. The van der Waals surface area contributed by atoms with E-state index >= 15 is 0 Å². The van der Waals surface area contributed by atoms with Crippen molar-refractivity contribution in [3.8, 4) is 0 Å². The molecule has 0 atom stereocenters. The normalized spacial score (nSPS) is 10.9. The molecule has 3 nitrogen and oxygen atoms in total. The Bertz CT molecular complexity index is 127. The molecule has 0 saturated heterocycles. The van der Waals surface area contributed by atoms with Gasteiger partial charge in [-0.25, -0.2) is 4.79 Å². The third kappa shape index (κ3) is 7.16. The average Bonchev–Trinajstić information content (AvgIpc) is 1.79. The Morgan fingerprint density at radius 2 is 2.09 bits per heavy atom. The molecular weight excluding hydrogens is 142 g/mol. The van der Waals surface area contributed by atoms with Gasteiger partial charge in [-0.15, -0.1) is 0 Å². The number of amides is 1.